The third-order valence-electron chi connectivity index (χ3n) is 4.78. The van der Waals surface area contributed by atoms with Crippen molar-refractivity contribution in [1.82, 2.24) is 4.90 Å². The second-order valence-electron chi connectivity index (χ2n) is 7.04. The molecular weight excluding hydrogens is 340 g/mol. The predicted octanol–water partition coefficient (Wildman–Crippen LogP) is 3.43. The number of hydrogen-bond donors (Lipinski definition) is 1. The minimum atomic E-state index is -0.0556. The summed E-state index contributed by atoms with van der Waals surface area (Å²) >= 11 is 0. The third-order valence-corrected chi connectivity index (χ3v) is 4.78. The number of benzene rings is 2. The van der Waals surface area contributed by atoms with E-state index in [1.807, 2.05) is 36.9 Å². The summed E-state index contributed by atoms with van der Waals surface area (Å²) in [5, 5.41) is 2.90. The van der Waals surface area contributed by atoms with Gasteiger partial charge < -0.3 is 15.0 Å². The van der Waals surface area contributed by atoms with Crippen LogP contribution in [-0.4, -0.2) is 42.5 Å². The minimum absolute atomic E-state index is 0.0263. The van der Waals surface area contributed by atoms with E-state index in [9.17, 15) is 9.59 Å². The van der Waals surface area contributed by atoms with E-state index < -0.39 is 0 Å². The zero-order chi connectivity index (χ0) is 19.2. The fraction of sp³-hybridized carbons (Fsp3) is 0.364. The molecule has 1 fully saturated rings. The first-order chi connectivity index (χ1) is 13.0. The molecular formula is C22H26N2O3. The van der Waals surface area contributed by atoms with Crippen LogP contribution in [0.3, 0.4) is 0 Å². The van der Waals surface area contributed by atoms with Gasteiger partial charge in [-0.2, -0.15) is 0 Å². The van der Waals surface area contributed by atoms with Crippen molar-refractivity contribution in [2.75, 3.05) is 25.1 Å². The van der Waals surface area contributed by atoms with Gasteiger partial charge in [-0.25, -0.2) is 0 Å². The van der Waals surface area contributed by atoms with E-state index in [0.717, 1.165) is 5.56 Å². The Bertz CT molecular complexity index is 801. The summed E-state index contributed by atoms with van der Waals surface area (Å²) < 4.78 is 5.39. The lowest BCUT2D eigenvalue weighted by atomic mass is 10.1. The Labute approximate surface area is 160 Å². The highest BCUT2D eigenvalue weighted by Crippen LogP contribution is 2.17. The SMILES string of the molecule is Cc1ccc(CCC(=O)Nc2cccc(C(=O)N3CCOCC3C)c2)cc1. The van der Waals surface area contributed by atoms with Gasteiger partial charge in [-0.05, 0) is 44.0 Å². The van der Waals surface area contributed by atoms with Crippen LogP contribution in [-0.2, 0) is 16.0 Å². The molecule has 0 aromatic heterocycles. The number of aryl methyl sites for hydroxylation is 2. The molecule has 2 aromatic rings. The number of anilines is 1. The molecule has 2 amide bonds. The first kappa shape index (κ1) is 19.1. The molecule has 27 heavy (non-hydrogen) atoms. The predicted molar refractivity (Wildman–Crippen MR) is 106 cm³/mol. The van der Waals surface area contributed by atoms with Crippen molar-refractivity contribution >= 4 is 17.5 Å². The minimum Gasteiger partial charge on any atom is -0.377 e. The third kappa shape index (κ3) is 5.17. The number of hydrogen-bond acceptors (Lipinski definition) is 3. The van der Waals surface area contributed by atoms with Crippen LogP contribution in [0.1, 0.15) is 34.8 Å². The van der Waals surface area contributed by atoms with Gasteiger partial charge in [-0.15, -0.1) is 0 Å². The maximum Gasteiger partial charge on any atom is 0.254 e. The second kappa shape index (κ2) is 8.82. The van der Waals surface area contributed by atoms with E-state index in [0.29, 0.717) is 43.9 Å². The molecule has 142 valence electrons. The van der Waals surface area contributed by atoms with Crippen LogP contribution in [0, 0.1) is 6.92 Å². The van der Waals surface area contributed by atoms with E-state index >= 15 is 0 Å². The Morgan fingerprint density at radius 3 is 2.70 bits per heavy atom. The number of ether oxygens (including phenoxy) is 1. The summed E-state index contributed by atoms with van der Waals surface area (Å²) in [6.07, 6.45) is 1.10. The number of morpholine rings is 1. The Morgan fingerprint density at radius 1 is 1.19 bits per heavy atom. The molecule has 2 aromatic carbocycles. The highest BCUT2D eigenvalue weighted by atomic mass is 16.5. The summed E-state index contributed by atoms with van der Waals surface area (Å²) in [5.41, 5.74) is 3.58. The van der Waals surface area contributed by atoms with Crippen molar-refractivity contribution in [2.45, 2.75) is 32.7 Å². The maximum atomic E-state index is 12.7. The van der Waals surface area contributed by atoms with Crippen molar-refractivity contribution < 1.29 is 14.3 Å². The van der Waals surface area contributed by atoms with Gasteiger partial charge in [0.25, 0.3) is 5.91 Å². The number of rotatable bonds is 5. The lowest BCUT2D eigenvalue weighted by Gasteiger charge is -2.33. The second-order valence-corrected chi connectivity index (χ2v) is 7.04. The van der Waals surface area contributed by atoms with Crippen LogP contribution in [0.5, 0.6) is 0 Å². The molecule has 1 unspecified atom stereocenters. The van der Waals surface area contributed by atoms with Crippen LogP contribution in [0.15, 0.2) is 48.5 Å². The fourth-order valence-electron chi connectivity index (χ4n) is 3.16. The standard InChI is InChI=1S/C22H26N2O3/c1-16-6-8-18(9-7-16)10-11-21(25)23-20-5-3-4-19(14-20)22(26)24-12-13-27-15-17(24)2/h3-9,14,17H,10-13,15H2,1-2H3,(H,23,25). The Hall–Kier alpha value is -2.66. The molecule has 1 atom stereocenters. The molecule has 1 saturated heterocycles. The van der Waals surface area contributed by atoms with Gasteiger partial charge >= 0.3 is 0 Å². The van der Waals surface area contributed by atoms with Gasteiger partial charge in [0.05, 0.1) is 19.3 Å². The number of carbonyl (C=O) groups excluding carboxylic acids is 2. The van der Waals surface area contributed by atoms with Gasteiger partial charge in [0.1, 0.15) is 0 Å². The van der Waals surface area contributed by atoms with Crippen LogP contribution in [0.2, 0.25) is 0 Å². The Balaban J connectivity index is 1.58. The Morgan fingerprint density at radius 2 is 1.96 bits per heavy atom. The quantitative estimate of drug-likeness (QED) is 0.882. The number of nitrogens with zero attached hydrogens (tertiary/aromatic N) is 1. The molecule has 5 heteroatoms. The number of carbonyl (C=O) groups is 2. The lowest BCUT2D eigenvalue weighted by Crippen LogP contribution is -2.47. The summed E-state index contributed by atoms with van der Waals surface area (Å²) in [7, 11) is 0. The van der Waals surface area contributed by atoms with Gasteiger partial charge in [0.2, 0.25) is 5.91 Å². The van der Waals surface area contributed by atoms with Crippen LogP contribution in [0.4, 0.5) is 5.69 Å². The van der Waals surface area contributed by atoms with Crippen molar-refractivity contribution in [3.05, 3.63) is 65.2 Å². The van der Waals surface area contributed by atoms with Gasteiger partial charge in [0.15, 0.2) is 0 Å². The monoisotopic (exact) mass is 366 g/mol. The molecule has 1 heterocycles. The van der Waals surface area contributed by atoms with Crippen molar-refractivity contribution in [2.24, 2.45) is 0 Å². The average molecular weight is 366 g/mol. The summed E-state index contributed by atoms with van der Waals surface area (Å²) in [6, 6.07) is 15.4. The topological polar surface area (TPSA) is 58.6 Å². The Kier molecular flexibility index (Phi) is 6.24. The molecule has 0 aliphatic carbocycles. The molecule has 1 aliphatic heterocycles. The van der Waals surface area contributed by atoms with E-state index in [2.05, 4.69) is 17.4 Å². The number of amides is 2. The molecule has 0 radical (unpaired) electrons. The van der Waals surface area contributed by atoms with Crippen LogP contribution >= 0.6 is 0 Å². The lowest BCUT2D eigenvalue weighted by molar-refractivity contribution is -0.116. The molecule has 0 bridgehead atoms. The zero-order valence-electron chi connectivity index (χ0n) is 15.9. The van der Waals surface area contributed by atoms with Crippen LogP contribution < -0.4 is 5.32 Å². The molecule has 1 aliphatic rings. The van der Waals surface area contributed by atoms with Crippen molar-refractivity contribution in [1.29, 1.82) is 0 Å². The number of nitrogens with one attached hydrogen (secondary N) is 1. The molecule has 0 saturated carbocycles. The van der Waals surface area contributed by atoms with Crippen LogP contribution in [0.25, 0.3) is 0 Å². The highest BCUT2D eigenvalue weighted by molar-refractivity contribution is 5.97. The normalized spacial score (nSPS) is 16.8. The zero-order valence-corrected chi connectivity index (χ0v) is 15.9. The van der Waals surface area contributed by atoms with E-state index in [4.69, 9.17) is 4.74 Å². The smallest absolute Gasteiger partial charge is 0.254 e. The first-order valence-electron chi connectivity index (χ1n) is 9.37. The van der Waals surface area contributed by atoms with Crippen molar-refractivity contribution in [3.63, 3.8) is 0 Å². The molecule has 3 rings (SSSR count). The highest BCUT2D eigenvalue weighted by Gasteiger charge is 2.24. The van der Waals surface area contributed by atoms with E-state index in [1.165, 1.54) is 5.56 Å². The summed E-state index contributed by atoms with van der Waals surface area (Å²) in [4.78, 5) is 26.8. The van der Waals surface area contributed by atoms with Gasteiger partial charge in [-0.1, -0.05) is 35.9 Å². The summed E-state index contributed by atoms with van der Waals surface area (Å²) in [6.45, 7) is 5.73. The van der Waals surface area contributed by atoms with E-state index in [1.54, 1.807) is 18.2 Å². The largest absolute Gasteiger partial charge is 0.377 e. The molecule has 1 N–H and O–H groups in total. The first-order valence-corrected chi connectivity index (χ1v) is 9.37. The fourth-order valence-corrected chi connectivity index (χ4v) is 3.16. The summed E-state index contributed by atoms with van der Waals surface area (Å²) in [5.74, 6) is -0.0820. The molecule has 5 nitrogen and oxygen atoms in total. The molecule has 0 spiro atoms. The van der Waals surface area contributed by atoms with Gasteiger partial charge in [0, 0.05) is 24.2 Å². The average Bonchev–Trinajstić information content (AvgIpc) is 2.67. The van der Waals surface area contributed by atoms with Gasteiger partial charge in [-0.3, -0.25) is 9.59 Å². The maximum absolute atomic E-state index is 12.7. The van der Waals surface area contributed by atoms with E-state index in [-0.39, 0.29) is 17.9 Å². The van der Waals surface area contributed by atoms with Crippen molar-refractivity contribution in [3.8, 4) is 0 Å².